The van der Waals surface area contributed by atoms with Gasteiger partial charge in [-0.1, -0.05) is 48.6 Å². The molecule has 0 aliphatic carbocycles. The van der Waals surface area contributed by atoms with E-state index in [9.17, 15) is 0 Å². The van der Waals surface area contributed by atoms with E-state index in [0.29, 0.717) is 0 Å². The van der Waals surface area contributed by atoms with Gasteiger partial charge in [0, 0.05) is 0 Å². The fourth-order valence-electron chi connectivity index (χ4n) is 1.14. The lowest BCUT2D eigenvalue weighted by molar-refractivity contribution is 1.40. The third-order valence-electron chi connectivity index (χ3n) is 1.70. The van der Waals surface area contributed by atoms with Crippen LogP contribution in [0.2, 0.25) is 0 Å². The molecule has 0 heteroatoms. The summed E-state index contributed by atoms with van der Waals surface area (Å²) in [7, 11) is 0. The average molecular weight is 158 g/mol. The van der Waals surface area contributed by atoms with Gasteiger partial charge in [-0.15, -0.1) is 0 Å². The highest BCUT2D eigenvalue weighted by atomic mass is 13.9. The van der Waals surface area contributed by atoms with Crippen LogP contribution < -0.4 is 10.4 Å². The van der Waals surface area contributed by atoms with Gasteiger partial charge in [0.1, 0.15) is 0 Å². The molecule has 0 saturated heterocycles. The lowest BCUT2D eigenvalue weighted by Crippen LogP contribution is -2.22. The number of allylic oxidation sites excluding steroid dienone is 1. The van der Waals surface area contributed by atoms with Gasteiger partial charge in [-0.25, -0.2) is 0 Å². The van der Waals surface area contributed by atoms with Crippen LogP contribution in [0, 0.1) is 6.92 Å². The van der Waals surface area contributed by atoms with Crippen LogP contribution in [0.1, 0.15) is 12.5 Å². The number of hydrogen-bond donors (Lipinski definition) is 0. The van der Waals surface area contributed by atoms with Crippen molar-refractivity contribution in [2.75, 3.05) is 0 Å². The first kappa shape index (κ1) is 8.79. The molecule has 0 nitrogen and oxygen atoms in total. The predicted molar refractivity (Wildman–Crippen MR) is 55.2 cm³/mol. The molecule has 0 atom stereocenters. The molecule has 62 valence electrons. The molecule has 0 bridgehead atoms. The summed E-state index contributed by atoms with van der Waals surface area (Å²) in [5, 5.41) is 2.23. The second-order valence-electron chi connectivity index (χ2n) is 3.19. The Morgan fingerprint density at radius 1 is 1.42 bits per heavy atom. The van der Waals surface area contributed by atoms with E-state index in [1.807, 2.05) is 13.0 Å². The lowest BCUT2D eigenvalue weighted by Gasteiger charge is -1.92. The molecule has 0 aliphatic heterocycles. The summed E-state index contributed by atoms with van der Waals surface area (Å²) >= 11 is 0. The monoisotopic (exact) mass is 158 g/mol. The first-order valence-electron chi connectivity index (χ1n) is 4.02. The molecular weight excluding hydrogens is 144 g/mol. The van der Waals surface area contributed by atoms with E-state index in [0.717, 1.165) is 16.0 Å². The molecule has 0 unspecified atom stereocenters. The maximum atomic E-state index is 3.96. The standard InChI is InChI=1S/C12H14/c1-9(2)7-12-6-5-10(3)8-11(12)4/h5-8H,1,4H2,2-3H3/b12-7-. The topological polar surface area (TPSA) is 0 Å². The van der Waals surface area contributed by atoms with Gasteiger partial charge in [0.2, 0.25) is 0 Å². The minimum Gasteiger partial charge on any atom is -0.0961 e. The van der Waals surface area contributed by atoms with E-state index in [4.69, 9.17) is 0 Å². The van der Waals surface area contributed by atoms with Crippen molar-refractivity contribution >= 4 is 12.7 Å². The highest BCUT2D eigenvalue weighted by Gasteiger charge is 1.84. The van der Waals surface area contributed by atoms with Crippen LogP contribution in [0.4, 0.5) is 0 Å². The van der Waals surface area contributed by atoms with E-state index in [1.54, 1.807) is 0 Å². The summed E-state index contributed by atoms with van der Waals surface area (Å²) < 4.78 is 0. The quantitative estimate of drug-likeness (QED) is 0.584. The molecule has 0 amide bonds. The Kier molecular flexibility index (Phi) is 2.49. The van der Waals surface area contributed by atoms with E-state index in [2.05, 4.69) is 38.3 Å². The normalized spacial score (nSPS) is 11.7. The fraction of sp³-hybridized carbons (Fsp3) is 0.167. The Balaban J connectivity index is 3.38. The van der Waals surface area contributed by atoms with E-state index in [-0.39, 0.29) is 0 Å². The summed E-state index contributed by atoms with van der Waals surface area (Å²) in [6.07, 6.45) is 2.04. The molecule has 0 N–H and O–H groups in total. The minimum absolute atomic E-state index is 1.06. The number of rotatable bonds is 1. The van der Waals surface area contributed by atoms with Crippen LogP contribution in [0.5, 0.6) is 0 Å². The summed E-state index contributed by atoms with van der Waals surface area (Å²) in [6, 6.07) is 6.24. The van der Waals surface area contributed by atoms with Gasteiger partial charge < -0.3 is 0 Å². The Morgan fingerprint density at radius 3 is 2.58 bits per heavy atom. The van der Waals surface area contributed by atoms with Crippen molar-refractivity contribution < 1.29 is 0 Å². The smallest absolute Gasteiger partial charge is 0.0187 e. The highest BCUT2D eigenvalue weighted by Crippen LogP contribution is 1.88. The minimum atomic E-state index is 1.06. The van der Waals surface area contributed by atoms with Crippen LogP contribution in [0.15, 0.2) is 30.4 Å². The molecule has 0 aliphatic rings. The molecule has 0 fully saturated rings. The maximum absolute atomic E-state index is 3.96. The van der Waals surface area contributed by atoms with Crippen molar-refractivity contribution in [2.24, 2.45) is 0 Å². The zero-order valence-electron chi connectivity index (χ0n) is 7.72. The van der Waals surface area contributed by atoms with Gasteiger partial charge in [-0.2, -0.15) is 0 Å². The fourth-order valence-corrected chi connectivity index (χ4v) is 1.14. The largest absolute Gasteiger partial charge is 0.0961 e. The zero-order chi connectivity index (χ0) is 9.14. The number of aryl methyl sites for hydroxylation is 1. The number of benzene rings is 1. The van der Waals surface area contributed by atoms with Gasteiger partial charge in [0.15, 0.2) is 0 Å². The number of hydrogen-bond acceptors (Lipinski definition) is 0. The molecule has 0 aromatic heterocycles. The maximum Gasteiger partial charge on any atom is -0.0187 e. The Morgan fingerprint density at radius 2 is 2.08 bits per heavy atom. The van der Waals surface area contributed by atoms with Crippen molar-refractivity contribution in [1.29, 1.82) is 0 Å². The lowest BCUT2D eigenvalue weighted by atomic mass is 10.1. The molecule has 1 rings (SSSR count). The van der Waals surface area contributed by atoms with E-state index in [1.165, 1.54) is 5.56 Å². The van der Waals surface area contributed by atoms with Gasteiger partial charge in [0.05, 0.1) is 0 Å². The Labute approximate surface area is 73.6 Å². The van der Waals surface area contributed by atoms with Crippen molar-refractivity contribution in [3.63, 3.8) is 0 Å². The van der Waals surface area contributed by atoms with Gasteiger partial charge in [-0.3, -0.25) is 0 Å². The molecule has 0 radical (unpaired) electrons. The van der Waals surface area contributed by atoms with Crippen LogP contribution in [0.3, 0.4) is 0 Å². The van der Waals surface area contributed by atoms with Crippen molar-refractivity contribution in [2.45, 2.75) is 13.8 Å². The second kappa shape index (κ2) is 3.40. The first-order chi connectivity index (χ1) is 5.59. The van der Waals surface area contributed by atoms with Crippen LogP contribution in [0.25, 0.3) is 12.7 Å². The van der Waals surface area contributed by atoms with Gasteiger partial charge >= 0.3 is 0 Å². The predicted octanol–water partition coefficient (Wildman–Crippen LogP) is 1.76. The zero-order valence-corrected chi connectivity index (χ0v) is 7.72. The third-order valence-corrected chi connectivity index (χ3v) is 1.70. The van der Waals surface area contributed by atoms with Crippen molar-refractivity contribution in [3.05, 3.63) is 46.4 Å². The van der Waals surface area contributed by atoms with Crippen LogP contribution in [-0.4, -0.2) is 0 Å². The summed E-state index contributed by atoms with van der Waals surface area (Å²) in [6.45, 7) is 11.8. The van der Waals surface area contributed by atoms with Crippen molar-refractivity contribution in [1.82, 2.24) is 0 Å². The molecule has 1 aromatic carbocycles. The molecule has 12 heavy (non-hydrogen) atoms. The molecule has 1 aromatic rings. The summed E-state index contributed by atoms with van der Waals surface area (Å²) in [5.41, 5.74) is 2.31. The Bertz CT molecular complexity index is 397. The van der Waals surface area contributed by atoms with E-state index < -0.39 is 0 Å². The second-order valence-corrected chi connectivity index (χ2v) is 3.19. The summed E-state index contributed by atoms with van der Waals surface area (Å²) in [5.74, 6) is 0. The average Bonchev–Trinajstić information content (AvgIpc) is 1.94. The summed E-state index contributed by atoms with van der Waals surface area (Å²) in [4.78, 5) is 0. The highest BCUT2D eigenvalue weighted by molar-refractivity contribution is 5.44. The van der Waals surface area contributed by atoms with Gasteiger partial charge in [0.25, 0.3) is 0 Å². The van der Waals surface area contributed by atoms with Crippen LogP contribution >= 0.6 is 0 Å². The SMILES string of the molecule is C=C(C)/C=c1/ccc(C)cc1=C. The third kappa shape index (κ3) is 2.09. The van der Waals surface area contributed by atoms with Crippen molar-refractivity contribution in [3.8, 4) is 0 Å². The molecule has 0 saturated carbocycles. The van der Waals surface area contributed by atoms with E-state index >= 15 is 0 Å². The molecular formula is C12H14. The Hall–Kier alpha value is -1.30. The van der Waals surface area contributed by atoms with Crippen LogP contribution in [-0.2, 0) is 0 Å². The first-order valence-corrected chi connectivity index (χ1v) is 4.02. The molecule has 0 heterocycles. The molecule has 0 spiro atoms. The van der Waals surface area contributed by atoms with Gasteiger partial charge in [-0.05, 0) is 24.3 Å².